The van der Waals surface area contributed by atoms with Crippen LogP contribution < -0.4 is 0 Å². The summed E-state index contributed by atoms with van der Waals surface area (Å²) in [6.45, 7) is 0.414. The fourth-order valence-electron chi connectivity index (χ4n) is 2.90. The van der Waals surface area contributed by atoms with Crippen molar-refractivity contribution in [1.29, 1.82) is 0 Å². The number of halogens is 2. The van der Waals surface area contributed by atoms with E-state index in [1.807, 2.05) is 0 Å². The van der Waals surface area contributed by atoms with Crippen LogP contribution in [0.1, 0.15) is 18.7 Å². The minimum atomic E-state index is -3.70. The van der Waals surface area contributed by atoms with Crippen LogP contribution >= 0.6 is 11.6 Å². The monoisotopic (exact) mass is 415 g/mol. The normalized spacial score (nSPS) is 16.4. The van der Waals surface area contributed by atoms with Gasteiger partial charge in [-0.15, -0.1) is 0 Å². The van der Waals surface area contributed by atoms with E-state index in [2.05, 4.69) is 4.98 Å². The van der Waals surface area contributed by atoms with Crippen LogP contribution in [0.15, 0.2) is 35.4 Å². The number of rotatable bonds is 5. The Hall–Kier alpha value is -1.97. The number of carbonyl (C=O) groups excluding carboxylic acids is 1. The largest absolute Gasteiger partial charge is 0.457 e. The topological polar surface area (TPSA) is 81.5 Å². The predicted octanol–water partition coefficient (Wildman–Crippen LogP) is 2.36. The number of carbonyl (C=O) groups is 1. The molecule has 146 valence electrons. The first kappa shape index (κ1) is 19.8. The summed E-state index contributed by atoms with van der Waals surface area (Å²) < 4.78 is 46.4. The molecule has 0 N–H and O–H groups in total. The molecule has 0 radical (unpaired) electrons. The van der Waals surface area contributed by atoms with E-state index >= 15 is 0 Å². The van der Waals surface area contributed by atoms with Crippen molar-refractivity contribution in [3.8, 4) is 0 Å². The number of sulfonamides is 1. The second-order valence-electron chi connectivity index (χ2n) is 6.30. The zero-order valence-electron chi connectivity index (χ0n) is 14.6. The molecule has 10 heteroatoms. The standard InChI is InChI=1S/C17H19ClFN3O4S/c1-21-15(18)10-20-16(21)11-26-17(23)12-6-8-22(9-7-12)27(24,25)14-4-2-13(19)3-5-14/h2-5,10,12H,6-9,11H2,1H3. The average Bonchev–Trinajstić information content (AvgIpc) is 2.98. The number of piperidine rings is 1. The zero-order chi connectivity index (χ0) is 19.6. The number of ether oxygens (including phenoxy) is 1. The van der Waals surface area contributed by atoms with Crippen molar-refractivity contribution >= 4 is 27.6 Å². The first-order valence-corrected chi connectivity index (χ1v) is 10.2. The molecule has 0 bridgehead atoms. The minimum Gasteiger partial charge on any atom is -0.457 e. The van der Waals surface area contributed by atoms with Crippen LogP contribution in [0.4, 0.5) is 4.39 Å². The predicted molar refractivity (Wildman–Crippen MR) is 95.9 cm³/mol. The second-order valence-corrected chi connectivity index (χ2v) is 8.62. The van der Waals surface area contributed by atoms with E-state index in [0.717, 1.165) is 12.1 Å². The van der Waals surface area contributed by atoms with Gasteiger partial charge in [-0.2, -0.15) is 4.31 Å². The zero-order valence-corrected chi connectivity index (χ0v) is 16.2. The summed E-state index contributed by atoms with van der Waals surface area (Å²) in [4.78, 5) is 16.3. The molecule has 27 heavy (non-hydrogen) atoms. The maximum absolute atomic E-state index is 13.0. The highest BCUT2D eigenvalue weighted by atomic mass is 35.5. The second kappa shape index (κ2) is 7.95. The molecule has 1 aliphatic heterocycles. The Labute approximate surface area is 161 Å². The lowest BCUT2D eigenvalue weighted by atomic mass is 9.98. The molecule has 0 amide bonds. The fraction of sp³-hybridized carbons (Fsp3) is 0.412. The maximum atomic E-state index is 13.0. The van der Waals surface area contributed by atoms with Gasteiger partial charge in [-0.3, -0.25) is 4.79 Å². The van der Waals surface area contributed by atoms with Gasteiger partial charge >= 0.3 is 5.97 Å². The van der Waals surface area contributed by atoms with Crippen molar-refractivity contribution in [1.82, 2.24) is 13.9 Å². The van der Waals surface area contributed by atoms with E-state index in [1.165, 1.54) is 22.6 Å². The summed E-state index contributed by atoms with van der Waals surface area (Å²) in [5.41, 5.74) is 0. The molecule has 1 aromatic carbocycles. The summed E-state index contributed by atoms with van der Waals surface area (Å²) in [7, 11) is -1.98. The molecule has 1 aliphatic rings. The lowest BCUT2D eigenvalue weighted by Gasteiger charge is -2.30. The SMILES string of the molecule is Cn1c(Cl)cnc1COC(=O)C1CCN(S(=O)(=O)c2ccc(F)cc2)CC1. The number of hydrogen-bond acceptors (Lipinski definition) is 5. The van der Waals surface area contributed by atoms with Crippen LogP contribution in [0.25, 0.3) is 0 Å². The van der Waals surface area contributed by atoms with Gasteiger partial charge in [0.2, 0.25) is 10.0 Å². The van der Waals surface area contributed by atoms with Gasteiger partial charge in [0.1, 0.15) is 23.4 Å². The van der Waals surface area contributed by atoms with Gasteiger partial charge in [0.05, 0.1) is 17.0 Å². The van der Waals surface area contributed by atoms with Crippen LogP contribution in [0.5, 0.6) is 0 Å². The Morgan fingerprint density at radius 2 is 1.93 bits per heavy atom. The smallest absolute Gasteiger partial charge is 0.309 e. The van der Waals surface area contributed by atoms with Gasteiger partial charge in [-0.25, -0.2) is 17.8 Å². The third-order valence-corrected chi connectivity index (χ3v) is 6.87. The number of benzene rings is 1. The Morgan fingerprint density at radius 1 is 1.30 bits per heavy atom. The molecule has 0 saturated carbocycles. The third kappa shape index (κ3) is 4.31. The van der Waals surface area contributed by atoms with Crippen molar-refractivity contribution in [2.75, 3.05) is 13.1 Å². The Bertz CT molecular complexity index is 922. The summed E-state index contributed by atoms with van der Waals surface area (Å²) in [6.07, 6.45) is 2.20. The molecule has 3 rings (SSSR count). The number of imidazole rings is 1. The van der Waals surface area contributed by atoms with Crippen LogP contribution in [-0.2, 0) is 33.2 Å². The summed E-state index contributed by atoms with van der Waals surface area (Å²) in [6, 6.07) is 4.70. The van der Waals surface area contributed by atoms with Gasteiger partial charge in [0.15, 0.2) is 0 Å². The molecule has 7 nitrogen and oxygen atoms in total. The molecule has 0 aliphatic carbocycles. The van der Waals surface area contributed by atoms with Crippen molar-refractivity contribution in [2.24, 2.45) is 13.0 Å². The van der Waals surface area contributed by atoms with E-state index in [9.17, 15) is 17.6 Å². The van der Waals surface area contributed by atoms with Crippen LogP contribution in [0.2, 0.25) is 5.15 Å². The van der Waals surface area contributed by atoms with Gasteiger partial charge in [-0.1, -0.05) is 11.6 Å². The molecule has 2 heterocycles. The number of hydrogen-bond donors (Lipinski definition) is 0. The fourth-order valence-corrected chi connectivity index (χ4v) is 4.52. The van der Waals surface area contributed by atoms with Gasteiger partial charge < -0.3 is 9.30 Å². The minimum absolute atomic E-state index is 0.0101. The van der Waals surface area contributed by atoms with E-state index < -0.39 is 15.8 Å². The molecule has 1 saturated heterocycles. The highest BCUT2D eigenvalue weighted by molar-refractivity contribution is 7.89. The van der Waals surface area contributed by atoms with Crippen LogP contribution in [-0.4, -0.2) is 41.3 Å². The van der Waals surface area contributed by atoms with Crippen molar-refractivity contribution in [3.63, 3.8) is 0 Å². The molecule has 1 aromatic heterocycles. The number of aromatic nitrogens is 2. The molecule has 0 unspecified atom stereocenters. The molecule has 2 aromatic rings. The Balaban J connectivity index is 1.55. The lowest BCUT2D eigenvalue weighted by molar-refractivity contribution is -0.151. The van der Waals surface area contributed by atoms with Crippen LogP contribution in [0, 0.1) is 11.7 Å². The molecule has 1 fully saturated rings. The first-order chi connectivity index (χ1) is 12.8. The Morgan fingerprint density at radius 3 is 2.48 bits per heavy atom. The summed E-state index contributed by atoms with van der Waals surface area (Å²) in [5.74, 6) is -0.720. The van der Waals surface area contributed by atoms with Gasteiger partial charge in [0.25, 0.3) is 0 Å². The number of esters is 1. The lowest BCUT2D eigenvalue weighted by Crippen LogP contribution is -2.40. The van der Waals surface area contributed by atoms with E-state index in [1.54, 1.807) is 11.6 Å². The van der Waals surface area contributed by atoms with Crippen molar-refractivity contribution < 1.29 is 22.3 Å². The first-order valence-electron chi connectivity index (χ1n) is 8.37. The maximum Gasteiger partial charge on any atom is 0.309 e. The van der Waals surface area contributed by atoms with Crippen molar-refractivity contribution in [3.05, 3.63) is 47.3 Å². The van der Waals surface area contributed by atoms with E-state index in [0.29, 0.717) is 23.8 Å². The van der Waals surface area contributed by atoms with Crippen molar-refractivity contribution in [2.45, 2.75) is 24.3 Å². The quantitative estimate of drug-likeness (QED) is 0.700. The van der Waals surface area contributed by atoms with Crippen LogP contribution in [0.3, 0.4) is 0 Å². The molecule has 0 spiro atoms. The Kier molecular flexibility index (Phi) is 5.83. The van der Waals surface area contributed by atoms with E-state index in [4.69, 9.17) is 16.3 Å². The third-order valence-electron chi connectivity index (χ3n) is 4.61. The molecule has 0 atom stereocenters. The van der Waals surface area contributed by atoms with Gasteiger partial charge in [0, 0.05) is 20.1 Å². The summed E-state index contributed by atoms with van der Waals surface area (Å²) in [5, 5.41) is 0.445. The van der Waals surface area contributed by atoms with Gasteiger partial charge in [-0.05, 0) is 37.1 Å². The highest BCUT2D eigenvalue weighted by Crippen LogP contribution is 2.25. The van der Waals surface area contributed by atoms with E-state index in [-0.39, 0.29) is 36.5 Å². The summed E-state index contributed by atoms with van der Waals surface area (Å²) >= 11 is 5.89. The molecular formula is C17H19ClFN3O4S. The highest BCUT2D eigenvalue weighted by Gasteiger charge is 2.33. The number of nitrogens with zero attached hydrogens (tertiary/aromatic N) is 3. The average molecular weight is 416 g/mol. The molecular weight excluding hydrogens is 397 g/mol.